The number of amides is 1. The molecule has 0 spiro atoms. The van der Waals surface area contributed by atoms with Gasteiger partial charge >= 0.3 is 0 Å². The molecule has 1 fully saturated rings. The third-order valence-corrected chi connectivity index (χ3v) is 4.31. The molecule has 1 saturated heterocycles. The molecule has 1 amide bonds. The van der Waals surface area contributed by atoms with E-state index in [2.05, 4.69) is 4.90 Å². The molecule has 0 aromatic heterocycles. The van der Waals surface area contributed by atoms with Gasteiger partial charge in [0.25, 0.3) is 0 Å². The molecule has 110 valence electrons. The molecule has 0 aliphatic carbocycles. The molecule has 1 aromatic carbocycles. The molecule has 4 N–H and O–H groups in total. The molecule has 1 heterocycles. The fourth-order valence-corrected chi connectivity index (χ4v) is 2.94. The number of hydrogen-bond donors (Lipinski definition) is 2. The molecule has 0 radical (unpaired) electrons. The van der Waals surface area contributed by atoms with Gasteiger partial charge in [-0.05, 0) is 69.0 Å². The summed E-state index contributed by atoms with van der Waals surface area (Å²) in [5, 5.41) is 0. The van der Waals surface area contributed by atoms with Gasteiger partial charge in [-0.25, -0.2) is 4.39 Å². The monoisotopic (exact) mass is 279 g/mol. The van der Waals surface area contributed by atoms with Crippen molar-refractivity contribution < 1.29 is 9.18 Å². The van der Waals surface area contributed by atoms with Crippen molar-refractivity contribution in [3.63, 3.8) is 0 Å². The van der Waals surface area contributed by atoms with Crippen LogP contribution in [0.1, 0.15) is 36.8 Å². The minimum absolute atomic E-state index is 0.200. The minimum Gasteiger partial charge on any atom is -0.396 e. The lowest BCUT2D eigenvalue weighted by Gasteiger charge is -2.35. The highest BCUT2D eigenvalue weighted by Gasteiger charge is 2.27. The van der Waals surface area contributed by atoms with E-state index in [4.69, 9.17) is 11.5 Å². The Morgan fingerprint density at radius 3 is 2.55 bits per heavy atom. The highest BCUT2D eigenvalue weighted by atomic mass is 19.1. The molecule has 20 heavy (non-hydrogen) atoms. The first-order valence-electron chi connectivity index (χ1n) is 6.99. The number of nitrogens with zero attached hydrogens (tertiary/aromatic N) is 1. The van der Waals surface area contributed by atoms with Crippen LogP contribution in [0.15, 0.2) is 12.1 Å². The van der Waals surface area contributed by atoms with Crippen molar-refractivity contribution in [1.29, 1.82) is 0 Å². The first kappa shape index (κ1) is 14.8. The van der Waals surface area contributed by atoms with E-state index in [1.807, 2.05) is 13.8 Å². The third kappa shape index (κ3) is 2.93. The summed E-state index contributed by atoms with van der Waals surface area (Å²) in [5.41, 5.74) is 13.2. The van der Waals surface area contributed by atoms with Crippen LogP contribution in [0.3, 0.4) is 0 Å². The van der Waals surface area contributed by atoms with Gasteiger partial charge in [-0.3, -0.25) is 9.69 Å². The molecule has 1 aliphatic heterocycles. The predicted molar refractivity (Wildman–Crippen MR) is 77.8 cm³/mol. The fourth-order valence-electron chi connectivity index (χ4n) is 2.94. The van der Waals surface area contributed by atoms with Gasteiger partial charge in [0.05, 0.1) is 11.7 Å². The molecule has 1 aromatic rings. The zero-order chi connectivity index (χ0) is 14.9. The Hall–Kier alpha value is -1.62. The Morgan fingerprint density at radius 2 is 2.00 bits per heavy atom. The molecule has 0 bridgehead atoms. The highest BCUT2D eigenvalue weighted by Crippen LogP contribution is 2.32. The summed E-state index contributed by atoms with van der Waals surface area (Å²) in [6.07, 6.45) is 1.81. The lowest BCUT2D eigenvalue weighted by molar-refractivity contribution is -0.123. The van der Waals surface area contributed by atoms with Gasteiger partial charge in [-0.1, -0.05) is 0 Å². The topological polar surface area (TPSA) is 72.3 Å². The van der Waals surface area contributed by atoms with E-state index in [0.29, 0.717) is 5.92 Å². The van der Waals surface area contributed by atoms with Gasteiger partial charge in [0.15, 0.2) is 0 Å². The van der Waals surface area contributed by atoms with Crippen molar-refractivity contribution >= 4 is 11.6 Å². The second-order valence-corrected chi connectivity index (χ2v) is 5.62. The van der Waals surface area contributed by atoms with Crippen molar-refractivity contribution in [2.24, 2.45) is 5.73 Å². The summed E-state index contributed by atoms with van der Waals surface area (Å²) >= 11 is 0. The smallest absolute Gasteiger partial charge is 0.234 e. The molecule has 1 atom stereocenters. The maximum absolute atomic E-state index is 13.6. The fraction of sp³-hybridized carbons (Fsp3) is 0.533. The van der Waals surface area contributed by atoms with Crippen molar-refractivity contribution in [2.75, 3.05) is 18.8 Å². The van der Waals surface area contributed by atoms with E-state index in [1.54, 1.807) is 12.1 Å². The number of anilines is 1. The number of benzene rings is 1. The number of nitrogen functional groups attached to an aromatic ring is 1. The number of rotatable bonds is 3. The summed E-state index contributed by atoms with van der Waals surface area (Å²) in [6.45, 7) is 5.40. The van der Waals surface area contributed by atoms with Gasteiger partial charge < -0.3 is 11.5 Å². The lowest BCUT2D eigenvalue weighted by atomic mass is 9.86. The summed E-state index contributed by atoms with van der Waals surface area (Å²) in [4.78, 5) is 13.3. The number of hydrogen-bond acceptors (Lipinski definition) is 3. The van der Waals surface area contributed by atoms with Gasteiger partial charge in [0, 0.05) is 0 Å². The van der Waals surface area contributed by atoms with Crippen LogP contribution in [-0.2, 0) is 4.79 Å². The Bertz CT molecular complexity index is 510. The summed E-state index contributed by atoms with van der Waals surface area (Å²) in [6, 6.07) is 3.02. The zero-order valence-electron chi connectivity index (χ0n) is 12.0. The molecular weight excluding hydrogens is 257 g/mol. The first-order valence-corrected chi connectivity index (χ1v) is 6.99. The number of carbonyl (C=O) groups excluding carboxylic acids is 1. The standard InChI is InChI=1S/C15H22FN3O/c1-9-7-14(17)13(16)8-12(9)11-3-5-19(6-4-11)10(2)15(18)20/h7-8,10-11H,3-6,17H2,1-2H3,(H2,18,20)/t10-/m1/s1. The van der Waals surface area contributed by atoms with E-state index in [0.717, 1.165) is 37.1 Å². The summed E-state index contributed by atoms with van der Waals surface area (Å²) < 4.78 is 13.6. The van der Waals surface area contributed by atoms with Crippen LogP contribution in [0.4, 0.5) is 10.1 Å². The van der Waals surface area contributed by atoms with Crippen LogP contribution in [0.25, 0.3) is 0 Å². The average molecular weight is 279 g/mol. The van der Waals surface area contributed by atoms with Crippen LogP contribution in [0, 0.1) is 12.7 Å². The predicted octanol–water partition coefficient (Wildman–Crippen LogP) is 1.77. The summed E-state index contributed by atoms with van der Waals surface area (Å²) in [7, 11) is 0. The van der Waals surface area contributed by atoms with Gasteiger partial charge in [-0.2, -0.15) is 0 Å². The van der Waals surface area contributed by atoms with E-state index >= 15 is 0 Å². The summed E-state index contributed by atoms with van der Waals surface area (Å²) in [5.74, 6) is -0.321. The highest BCUT2D eigenvalue weighted by molar-refractivity contribution is 5.79. The largest absolute Gasteiger partial charge is 0.396 e. The Labute approximate surface area is 118 Å². The quantitative estimate of drug-likeness (QED) is 0.828. The van der Waals surface area contributed by atoms with Gasteiger partial charge in [-0.15, -0.1) is 0 Å². The van der Waals surface area contributed by atoms with Crippen molar-refractivity contribution in [2.45, 2.75) is 38.6 Å². The second kappa shape index (κ2) is 5.79. The number of nitrogens with two attached hydrogens (primary N) is 2. The molecule has 5 heteroatoms. The van der Waals surface area contributed by atoms with Crippen LogP contribution in [0.2, 0.25) is 0 Å². The van der Waals surface area contributed by atoms with Crippen molar-refractivity contribution in [3.8, 4) is 0 Å². The number of piperidine rings is 1. The van der Waals surface area contributed by atoms with E-state index in [-0.39, 0.29) is 23.5 Å². The SMILES string of the molecule is Cc1cc(N)c(F)cc1C1CCN([C@H](C)C(N)=O)CC1. The number of aryl methyl sites for hydroxylation is 1. The zero-order valence-corrected chi connectivity index (χ0v) is 12.0. The number of halogens is 1. The molecule has 0 saturated carbocycles. The molecule has 4 nitrogen and oxygen atoms in total. The number of carbonyl (C=O) groups is 1. The van der Waals surface area contributed by atoms with E-state index < -0.39 is 0 Å². The average Bonchev–Trinajstić information content (AvgIpc) is 2.42. The van der Waals surface area contributed by atoms with Gasteiger partial charge in [0.1, 0.15) is 5.82 Å². The minimum atomic E-state index is -0.349. The van der Waals surface area contributed by atoms with Crippen molar-refractivity contribution in [1.82, 2.24) is 4.90 Å². The van der Waals surface area contributed by atoms with Gasteiger partial charge in [0.2, 0.25) is 5.91 Å². The molecular formula is C15H22FN3O. The normalized spacial score (nSPS) is 18.9. The lowest BCUT2D eigenvalue weighted by Crippen LogP contribution is -2.46. The Morgan fingerprint density at radius 1 is 1.40 bits per heavy atom. The van der Waals surface area contributed by atoms with Crippen LogP contribution in [-0.4, -0.2) is 29.9 Å². The number of likely N-dealkylation sites (tertiary alicyclic amines) is 1. The first-order chi connectivity index (χ1) is 9.40. The molecule has 2 rings (SSSR count). The molecule has 0 unspecified atom stereocenters. The number of primary amides is 1. The van der Waals surface area contributed by atoms with Crippen LogP contribution in [0.5, 0.6) is 0 Å². The molecule has 1 aliphatic rings. The van der Waals surface area contributed by atoms with E-state index in [1.165, 1.54) is 0 Å². The van der Waals surface area contributed by atoms with Crippen molar-refractivity contribution in [3.05, 3.63) is 29.1 Å². The third-order valence-electron chi connectivity index (χ3n) is 4.31. The Balaban J connectivity index is 2.08. The maximum atomic E-state index is 13.6. The maximum Gasteiger partial charge on any atom is 0.234 e. The van der Waals surface area contributed by atoms with E-state index in [9.17, 15) is 9.18 Å². The van der Waals surface area contributed by atoms with Crippen LogP contribution < -0.4 is 11.5 Å². The van der Waals surface area contributed by atoms with Crippen LogP contribution >= 0.6 is 0 Å². The second-order valence-electron chi connectivity index (χ2n) is 5.62. The Kier molecular flexibility index (Phi) is 4.28.